The molecule has 0 spiro atoms. The Morgan fingerprint density at radius 1 is 1.12 bits per heavy atom. The zero-order valence-electron chi connectivity index (χ0n) is 9.08. The third-order valence-corrected chi connectivity index (χ3v) is 2.73. The zero-order chi connectivity index (χ0) is 11.6. The highest BCUT2D eigenvalue weighted by Crippen LogP contribution is 2.31. The average Bonchev–Trinajstić information content (AvgIpc) is 2.30. The van der Waals surface area contributed by atoms with Gasteiger partial charge in [0.15, 0.2) is 5.79 Å². The van der Waals surface area contributed by atoms with Crippen molar-refractivity contribution in [3.8, 4) is 0 Å². The first-order chi connectivity index (χ1) is 7.62. The number of alkyl halides is 2. The van der Waals surface area contributed by atoms with Crippen LogP contribution in [0.5, 0.6) is 0 Å². The summed E-state index contributed by atoms with van der Waals surface area (Å²) in [6.07, 6.45) is -1.57. The SMILES string of the molecule is CC1(c2ccc(C(F)F)cc2)OCCCO1. The predicted octanol–water partition coefficient (Wildman–Crippen LogP) is 3.23. The topological polar surface area (TPSA) is 18.5 Å². The molecule has 0 atom stereocenters. The summed E-state index contributed by atoms with van der Waals surface area (Å²) in [7, 11) is 0. The zero-order valence-corrected chi connectivity index (χ0v) is 9.08. The minimum absolute atomic E-state index is 0.0168. The molecule has 0 bridgehead atoms. The Bertz CT molecular complexity index is 343. The molecule has 1 heterocycles. The van der Waals surface area contributed by atoms with Gasteiger partial charge in [-0.05, 0) is 13.3 Å². The van der Waals surface area contributed by atoms with Crippen molar-refractivity contribution in [2.24, 2.45) is 0 Å². The van der Waals surface area contributed by atoms with E-state index in [2.05, 4.69) is 0 Å². The van der Waals surface area contributed by atoms with Crippen molar-refractivity contribution >= 4 is 0 Å². The van der Waals surface area contributed by atoms with Gasteiger partial charge in [-0.2, -0.15) is 0 Å². The summed E-state index contributed by atoms with van der Waals surface area (Å²) in [4.78, 5) is 0. The number of halogens is 2. The fourth-order valence-electron chi connectivity index (χ4n) is 1.73. The summed E-state index contributed by atoms with van der Waals surface area (Å²) in [5.74, 6) is -0.793. The summed E-state index contributed by atoms with van der Waals surface area (Å²) in [6, 6.07) is 6.08. The average molecular weight is 228 g/mol. The Hall–Kier alpha value is -1.00. The fraction of sp³-hybridized carbons (Fsp3) is 0.500. The molecule has 0 N–H and O–H groups in total. The number of hydrogen-bond acceptors (Lipinski definition) is 2. The van der Waals surface area contributed by atoms with Gasteiger partial charge in [0.2, 0.25) is 0 Å². The van der Waals surface area contributed by atoms with E-state index in [1.807, 2.05) is 6.92 Å². The van der Waals surface area contributed by atoms with Crippen molar-refractivity contribution in [1.29, 1.82) is 0 Å². The lowest BCUT2D eigenvalue weighted by atomic mass is 10.0. The van der Waals surface area contributed by atoms with Crippen LogP contribution < -0.4 is 0 Å². The molecule has 0 unspecified atom stereocenters. The highest BCUT2D eigenvalue weighted by molar-refractivity contribution is 5.26. The Balaban J connectivity index is 2.20. The van der Waals surface area contributed by atoms with Crippen molar-refractivity contribution in [1.82, 2.24) is 0 Å². The van der Waals surface area contributed by atoms with Crippen LogP contribution in [0.25, 0.3) is 0 Å². The fourth-order valence-corrected chi connectivity index (χ4v) is 1.73. The van der Waals surface area contributed by atoms with Gasteiger partial charge >= 0.3 is 0 Å². The lowest BCUT2D eigenvalue weighted by Gasteiger charge is -2.34. The van der Waals surface area contributed by atoms with Crippen LogP contribution in [0.1, 0.15) is 30.9 Å². The molecule has 1 aromatic carbocycles. The van der Waals surface area contributed by atoms with Crippen LogP contribution in [-0.4, -0.2) is 13.2 Å². The summed E-state index contributed by atoms with van der Waals surface area (Å²) in [6.45, 7) is 3.07. The highest BCUT2D eigenvalue weighted by atomic mass is 19.3. The molecule has 1 aliphatic heterocycles. The molecule has 2 nitrogen and oxygen atoms in total. The molecule has 0 aliphatic carbocycles. The summed E-state index contributed by atoms with van der Waals surface area (Å²) >= 11 is 0. The maximum absolute atomic E-state index is 12.4. The molecule has 1 saturated heterocycles. The van der Waals surface area contributed by atoms with Gasteiger partial charge in [-0.25, -0.2) is 8.78 Å². The van der Waals surface area contributed by atoms with Gasteiger partial charge < -0.3 is 9.47 Å². The van der Waals surface area contributed by atoms with Crippen LogP contribution in [0.2, 0.25) is 0 Å². The van der Waals surface area contributed by atoms with E-state index in [0.29, 0.717) is 13.2 Å². The Kier molecular flexibility index (Phi) is 3.21. The van der Waals surface area contributed by atoms with Crippen molar-refractivity contribution < 1.29 is 18.3 Å². The van der Waals surface area contributed by atoms with Gasteiger partial charge in [-0.1, -0.05) is 24.3 Å². The first-order valence-electron chi connectivity index (χ1n) is 5.28. The van der Waals surface area contributed by atoms with E-state index in [1.165, 1.54) is 12.1 Å². The van der Waals surface area contributed by atoms with Crippen LogP contribution in [0.4, 0.5) is 8.78 Å². The normalized spacial score (nSPS) is 20.0. The number of hydrogen-bond donors (Lipinski definition) is 0. The molecule has 0 radical (unpaired) electrons. The van der Waals surface area contributed by atoms with Crippen LogP contribution in [0.3, 0.4) is 0 Å². The third kappa shape index (κ3) is 2.23. The summed E-state index contributed by atoms with van der Waals surface area (Å²) < 4.78 is 35.8. The molecule has 1 aromatic rings. The molecule has 2 rings (SSSR count). The monoisotopic (exact) mass is 228 g/mol. The summed E-state index contributed by atoms with van der Waals surface area (Å²) in [5, 5.41) is 0. The van der Waals surface area contributed by atoms with Gasteiger partial charge in [0.25, 0.3) is 6.43 Å². The van der Waals surface area contributed by atoms with Gasteiger partial charge in [0.1, 0.15) is 0 Å². The molecule has 0 aromatic heterocycles. The molecule has 1 aliphatic rings. The molecule has 88 valence electrons. The molecular formula is C12H14F2O2. The van der Waals surface area contributed by atoms with Gasteiger partial charge in [0.05, 0.1) is 13.2 Å². The molecule has 0 saturated carbocycles. The maximum atomic E-state index is 12.4. The van der Waals surface area contributed by atoms with Crippen molar-refractivity contribution in [2.75, 3.05) is 13.2 Å². The maximum Gasteiger partial charge on any atom is 0.263 e. The van der Waals surface area contributed by atoms with Gasteiger partial charge in [0, 0.05) is 11.1 Å². The second-order valence-corrected chi connectivity index (χ2v) is 3.92. The largest absolute Gasteiger partial charge is 0.346 e. The van der Waals surface area contributed by atoms with Crippen molar-refractivity contribution in [3.63, 3.8) is 0 Å². The van der Waals surface area contributed by atoms with Crippen LogP contribution in [0.15, 0.2) is 24.3 Å². The lowest BCUT2D eigenvalue weighted by Crippen LogP contribution is -2.34. The smallest absolute Gasteiger partial charge is 0.263 e. The highest BCUT2D eigenvalue weighted by Gasteiger charge is 2.31. The first kappa shape index (κ1) is 11.5. The van der Waals surface area contributed by atoms with E-state index in [9.17, 15) is 8.78 Å². The summed E-state index contributed by atoms with van der Waals surface area (Å²) in [5.41, 5.74) is 0.791. The first-order valence-corrected chi connectivity index (χ1v) is 5.28. The van der Waals surface area contributed by atoms with E-state index in [0.717, 1.165) is 12.0 Å². The Morgan fingerprint density at radius 2 is 1.69 bits per heavy atom. The molecular weight excluding hydrogens is 214 g/mol. The Labute approximate surface area is 93.2 Å². The predicted molar refractivity (Wildman–Crippen MR) is 55.3 cm³/mol. The molecule has 16 heavy (non-hydrogen) atoms. The van der Waals surface area contributed by atoms with E-state index in [4.69, 9.17) is 9.47 Å². The molecule has 1 fully saturated rings. The van der Waals surface area contributed by atoms with Crippen LogP contribution in [-0.2, 0) is 15.3 Å². The lowest BCUT2D eigenvalue weighted by molar-refractivity contribution is -0.264. The second kappa shape index (κ2) is 4.47. The molecule has 0 amide bonds. The minimum Gasteiger partial charge on any atom is -0.346 e. The number of rotatable bonds is 2. The quantitative estimate of drug-likeness (QED) is 0.773. The van der Waals surface area contributed by atoms with E-state index in [1.54, 1.807) is 12.1 Å². The number of benzene rings is 1. The molecule has 4 heteroatoms. The number of ether oxygens (including phenoxy) is 2. The van der Waals surface area contributed by atoms with Crippen molar-refractivity contribution in [2.45, 2.75) is 25.6 Å². The second-order valence-electron chi connectivity index (χ2n) is 3.92. The van der Waals surface area contributed by atoms with Gasteiger partial charge in [-0.15, -0.1) is 0 Å². The van der Waals surface area contributed by atoms with Crippen molar-refractivity contribution in [3.05, 3.63) is 35.4 Å². The van der Waals surface area contributed by atoms with E-state index in [-0.39, 0.29) is 5.56 Å². The van der Waals surface area contributed by atoms with E-state index >= 15 is 0 Å². The Morgan fingerprint density at radius 3 is 2.19 bits per heavy atom. The van der Waals surface area contributed by atoms with Crippen LogP contribution >= 0.6 is 0 Å². The third-order valence-electron chi connectivity index (χ3n) is 2.73. The minimum atomic E-state index is -2.44. The standard InChI is InChI=1S/C12H14F2O2/c1-12(15-7-2-8-16-12)10-5-3-9(4-6-10)11(13)14/h3-6,11H,2,7-8H2,1H3. The van der Waals surface area contributed by atoms with Crippen LogP contribution in [0, 0.1) is 0 Å². The van der Waals surface area contributed by atoms with E-state index < -0.39 is 12.2 Å². The van der Waals surface area contributed by atoms with Gasteiger partial charge in [-0.3, -0.25) is 0 Å².